The van der Waals surface area contributed by atoms with Crippen LogP contribution in [0.2, 0.25) is 0 Å². The Morgan fingerprint density at radius 3 is 2.03 bits per heavy atom. The van der Waals surface area contributed by atoms with Crippen molar-refractivity contribution in [2.45, 2.75) is 5.92 Å². The summed E-state index contributed by atoms with van der Waals surface area (Å²) in [5, 5.41) is 3.55. The van der Waals surface area contributed by atoms with Gasteiger partial charge in [0.25, 0.3) is 0 Å². The highest BCUT2D eigenvalue weighted by molar-refractivity contribution is 9.10. The van der Waals surface area contributed by atoms with Crippen molar-refractivity contribution < 1.29 is 4.79 Å². The molecule has 5 rings (SSSR count). The largest absolute Gasteiger partial charge is 0.354 e. The van der Waals surface area contributed by atoms with Crippen molar-refractivity contribution in [1.82, 2.24) is 0 Å². The topological polar surface area (TPSA) is 29.1 Å². The molecule has 0 heterocycles. The molecular formula is C28H20BrNO. The maximum Gasteiger partial charge on any atom is 0.177 e. The quantitative estimate of drug-likeness (QED) is 0.324. The average molecular weight is 466 g/mol. The van der Waals surface area contributed by atoms with Crippen LogP contribution < -0.4 is 5.32 Å². The van der Waals surface area contributed by atoms with Gasteiger partial charge < -0.3 is 5.32 Å². The first-order valence-corrected chi connectivity index (χ1v) is 11.0. The fourth-order valence-electron chi connectivity index (χ4n) is 4.19. The molecule has 0 fully saturated rings. The summed E-state index contributed by atoms with van der Waals surface area (Å²) in [5.74, 6) is -0.173. The van der Waals surface area contributed by atoms with Crippen molar-refractivity contribution in [3.8, 4) is 0 Å². The van der Waals surface area contributed by atoms with E-state index >= 15 is 0 Å². The summed E-state index contributed by atoms with van der Waals surface area (Å²) in [7, 11) is 0. The summed E-state index contributed by atoms with van der Waals surface area (Å²) in [6.45, 7) is 0. The van der Waals surface area contributed by atoms with E-state index < -0.39 is 0 Å². The second-order valence-corrected chi connectivity index (χ2v) is 8.46. The SMILES string of the molecule is O=C1/C(=C(\Nc2ccc(Br)cc2)c2ccccc2)c2ccccc2C1c1ccccc1. The number of hydrogen-bond acceptors (Lipinski definition) is 2. The highest BCUT2D eigenvalue weighted by Gasteiger charge is 2.38. The third-order valence-corrected chi connectivity index (χ3v) is 6.14. The van der Waals surface area contributed by atoms with Crippen LogP contribution in [0.3, 0.4) is 0 Å². The van der Waals surface area contributed by atoms with Crippen LogP contribution in [0.5, 0.6) is 0 Å². The van der Waals surface area contributed by atoms with E-state index in [1.165, 1.54) is 0 Å². The number of ketones is 1. The molecule has 0 spiro atoms. The summed E-state index contributed by atoms with van der Waals surface area (Å²) < 4.78 is 1.01. The van der Waals surface area contributed by atoms with Crippen molar-refractivity contribution in [2.24, 2.45) is 0 Å². The van der Waals surface area contributed by atoms with Crippen LogP contribution in [-0.4, -0.2) is 5.78 Å². The van der Waals surface area contributed by atoms with Gasteiger partial charge in [0.1, 0.15) is 0 Å². The summed E-state index contributed by atoms with van der Waals surface area (Å²) in [6, 6.07) is 36.2. The molecule has 0 aromatic heterocycles. The molecule has 1 atom stereocenters. The lowest BCUT2D eigenvalue weighted by Crippen LogP contribution is -2.11. The Morgan fingerprint density at radius 2 is 1.32 bits per heavy atom. The van der Waals surface area contributed by atoms with Gasteiger partial charge in [0.05, 0.1) is 17.2 Å². The van der Waals surface area contributed by atoms with Crippen molar-refractivity contribution in [3.05, 3.63) is 136 Å². The number of Topliss-reactive ketones (excluding diaryl/α,β-unsaturated/α-hetero) is 1. The van der Waals surface area contributed by atoms with E-state index in [1.807, 2.05) is 97.1 Å². The maximum absolute atomic E-state index is 13.9. The fourth-order valence-corrected chi connectivity index (χ4v) is 4.45. The number of anilines is 1. The second-order valence-electron chi connectivity index (χ2n) is 7.54. The summed E-state index contributed by atoms with van der Waals surface area (Å²) in [5.41, 5.74) is 6.55. The minimum Gasteiger partial charge on any atom is -0.354 e. The molecule has 150 valence electrons. The highest BCUT2D eigenvalue weighted by Crippen LogP contribution is 2.45. The minimum absolute atomic E-state index is 0.121. The predicted molar refractivity (Wildman–Crippen MR) is 131 cm³/mol. The Bertz CT molecular complexity index is 1260. The van der Waals surface area contributed by atoms with E-state index in [1.54, 1.807) is 0 Å². The van der Waals surface area contributed by atoms with Gasteiger partial charge in [-0.05, 0) is 46.5 Å². The molecule has 31 heavy (non-hydrogen) atoms. The second kappa shape index (κ2) is 8.37. The number of carbonyl (C=O) groups excluding carboxylic acids is 1. The Balaban J connectivity index is 1.73. The predicted octanol–water partition coefficient (Wildman–Crippen LogP) is 7.14. The van der Waals surface area contributed by atoms with Gasteiger partial charge in [-0.25, -0.2) is 0 Å². The van der Waals surface area contributed by atoms with Gasteiger partial charge in [0.2, 0.25) is 0 Å². The lowest BCUT2D eigenvalue weighted by atomic mass is 9.92. The summed E-state index contributed by atoms with van der Waals surface area (Å²) >= 11 is 3.49. The van der Waals surface area contributed by atoms with Crippen LogP contribution in [-0.2, 0) is 4.79 Å². The number of benzene rings is 4. The molecule has 1 aliphatic carbocycles. The normalized spacial score (nSPS) is 16.7. The third kappa shape index (κ3) is 3.73. The zero-order chi connectivity index (χ0) is 21.2. The molecule has 4 aromatic carbocycles. The smallest absolute Gasteiger partial charge is 0.177 e. The molecule has 0 bridgehead atoms. The first kappa shape index (κ1) is 19.5. The molecular weight excluding hydrogens is 446 g/mol. The first-order valence-electron chi connectivity index (χ1n) is 10.2. The molecule has 3 heteroatoms. The van der Waals surface area contributed by atoms with E-state index in [2.05, 4.69) is 33.4 Å². The van der Waals surface area contributed by atoms with Crippen LogP contribution >= 0.6 is 15.9 Å². The Morgan fingerprint density at radius 1 is 0.710 bits per heavy atom. The van der Waals surface area contributed by atoms with Crippen LogP contribution in [0.15, 0.2) is 114 Å². The number of nitrogens with one attached hydrogen (secondary N) is 1. The van der Waals surface area contributed by atoms with E-state index in [-0.39, 0.29) is 11.7 Å². The monoisotopic (exact) mass is 465 g/mol. The van der Waals surface area contributed by atoms with Crippen molar-refractivity contribution in [3.63, 3.8) is 0 Å². The lowest BCUT2D eigenvalue weighted by Gasteiger charge is -2.16. The van der Waals surface area contributed by atoms with Crippen molar-refractivity contribution in [1.29, 1.82) is 0 Å². The van der Waals surface area contributed by atoms with Crippen molar-refractivity contribution >= 4 is 38.7 Å². The van der Waals surface area contributed by atoms with E-state index in [0.29, 0.717) is 0 Å². The van der Waals surface area contributed by atoms with Gasteiger partial charge in [-0.15, -0.1) is 0 Å². The average Bonchev–Trinajstić information content (AvgIpc) is 3.11. The summed E-state index contributed by atoms with van der Waals surface area (Å²) in [6.07, 6.45) is 0. The number of halogens is 1. The molecule has 2 nitrogen and oxygen atoms in total. The van der Waals surface area contributed by atoms with Crippen LogP contribution in [0.25, 0.3) is 11.3 Å². The number of rotatable bonds is 4. The molecule has 0 saturated carbocycles. The van der Waals surface area contributed by atoms with Gasteiger partial charge in [0.15, 0.2) is 5.78 Å². The number of carbonyl (C=O) groups is 1. The third-order valence-electron chi connectivity index (χ3n) is 5.61. The molecule has 0 amide bonds. The molecule has 1 N–H and O–H groups in total. The first-order chi connectivity index (χ1) is 15.2. The van der Waals surface area contributed by atoms with E-state index in [4.69, 9.17) is 0 Å². The van der Waals surface area contributed by atoms with Crippen molar-refractivity contribution in [2.75, 3.05) is 5.32 Å². The van der Waals surface area contributed by atoms with Gasteiger partial charge in [-0.2, -0.15) is 0 Å². The Labute approximate surface area is 190 Å². The molecule has 0 saturated heterocycles. The summed E-state index contributed by atoms with van der Waals surface area (Å²) in [4.78, 5) is 13.9. The van der Waals surface area contributed by atoms with Gasteiger partial charge in [-0.3, -0.25) is 4.79 Å². The van der Waals surface area contributed by atoms with Crippen LogP contribution in [0, 0.1) is 0 Å². The Hall–Kier alpha value is -3.43. The minimum atomic E-state index is -0.294. The molecule has 4 aromatic rings. The molecule has 1 unspecified atom stereocenters. The molecule has 0 radical (unpaired) electrons. The fraction of sp³-hybridized carbons (Fsp3) is 0.0357. The van der Waals surface area contributed by atoms with Gasteiger partial charge in [-0.1, -0.05) is 101 Å². The standard InChI is InChI=1S/C28H20BrNO/c29-21-15-17-22(18-16-21)30-27(20-11-5-2-6-12-20)26-24-14-8-7-13-23(24)25(28(26)31)19-9-3-1-4-10-19/h1-18,25,30H/b27-26-. The lowest BCUT2D eigenvalue weighted by molar-refractivity contribution is -0.113. The van der Waals surface area contributed by atoms with Crippen LogP contribution in [0.4, 0.5) is 5.69 Å². The zero-order valence-corrected chi connectivity index (χ0v) is 18.3. The van der Waals surface area contributed by atoms with Gasteiger partial charge >= 0.3 is 0 Å². The van der Waals surface area contributed by atoms with Gasteiger partial charge in [0, 0.05) is 10.2 Å². The van der Waals surface area contributed by atoms with Crippen LogP contribution in [0.1, 0.15) is 28.2 Å². The number of allylic oxidation sites excluding steroid dienone is 1. The van der Waals surface area contributed by atoms with E-state index in [9.17, 15) is 4.79 Å². The van der Waals surface area contributed by atoms with E-state index in [0.717, 1.165) is 43.7 Å². The molecule has 0 aliphatic heterocycles. The number of fused-ring (bicyclic) bond motifs is 1. The zero-order valence-electron chi connectivity index (χ0n) is 16.8. The number of hydrogen-bond donors (Lipinski definition) is 1. The molecule has 1 aliphatic rings. The highest BCUT2D eigenvalue weighted by atomic mass is 79.9. The maximum atomic E-state index is 13.9. The Kier molecular flexibility index (Phi) is 5.27.